The van der Waals surface area contributed by atoms with Crippen LogP contribution in [0.5, 0.6) is 0 Å². The summed E-state index contributed by atoms with van der Waals surface area (Å²) in [5.74, 6) is 2.05. The van der Waals surface area contributed by atoms with Crippen molar-refractivity contribution in [2.24, 2.45) is 23.2 Å². The third-order valence-electron chi connectivity index (χ3n) is 6.28. The minimum atomic E-state index is 0.234. The molecule has 2 aliphatic rings. The van der Waals surface area contributed by atoms with E-state index in [4.69, 9.17) is 0 Å². The maximum atomic E-state index is 4.65. The first kappa shape index (κ1) is 18.2. The highest BCUT2D eigenvalue weighted by Gasteiger charge is 2.37. The predicted octanol–water partition coefficient (Wildman–Crippen LogP) is 7.44. The number of rotatable bonds is 8. The van der Waals surface area contributed by atoms with Gasteiger partial charge in [-0.25, -0.2) is 0 Å². The fourth-order valence-corrected chi connectivity index (χ4v) is 4.46. The van der Waals surface area contributed by atoms with Gasteiger partial charge < -0.3 is 0 Å². The van der Waals surface area contributed by atoms with Crippen molar-refractivity contribution in [1.29, 1.82) is 0 Å². The SMILES string of the molecule is C=C(C(CC1CC1)C1C=C(c2ccccc2)C=C1C)C(C)(C)CCC. The monoisotopic (exact) mass is 334 g/mol. The van der Waals surface area contributed by atoms with E-state index in [9.17, 15) is 0 Å². The molecular formula is C25H34. The Bertz CT molecular complexity index is 667. The Morgan fingerprint density at radius 1 is 1.20 bits per heavy atom. The molecule has 0 bridgehead atoms. The molecule has 0 spiro atoms. The van der Waals surface area contributed by atoms with Crippen LogP contribution in [-0.2, 0) is 0 Å². The Kier molecular flexibility index (Phi) is 5.37. The summed E-state index contributed by atoms with van der Waals surface area (Å²) in [6.07, 6.45) is 11.5. The van der Waals surface area contributed by atoms with Crippen LogP contribution in [0.1, 0.15) is 65.4 Å². The molecule has 0 saturated heterocycles. The van der Waals surface area contributed by atoms with Gasteiger partial charge in [-0.3, -0.25) is 0 Å². The van der Waals surface area contributed by atoms with Crippen LogP contribution in [0.15, 0.2) is 60.2 Å². The molecule has 134 valence electrons. The quantitative estimate of drug-likeness (QED) is 0.433. The lowest BCUT2D eigenvalue weighted by molar-refractivity contribution is 0.316. The lowest BCUT2D eigenvalue weighted by Gasteiger charge is -2.36. The van der Waals surface area contributed by atoms with E-state index >= 15 is 0 Å². The van der Waals surface area contributed by atoms with Crippen molar-refractivity contribution in [3.05, 3.63) is 65.8 Å². The first-order valence-corrected chi connectivity index (χ1v) is 10.1. The summed E-state index contributed by atoms with van der Waals surface area (Å²) in [6, 6.07) is 10.8. The Labute approximate surface area is 154 Å². The highest BCUT2D eigenvalue weighted by molar-refractivity contribution is 5.78. The fraction of sp³-hybridized carbons (Fsp3) is 0.520. The largest absolute Gasteiger partial charge is 0.0990 e. The molecule has 0 nitrogen and oxygen atoms in total. The molecule has 25 heavy (non-hydrogen) atoms. The normalized spacial score (nSPS) is 21.7. The van der Waals surface area contributed by atoms with Crippen LogP contribution in [0, 0.1) is 23.2 Å². The van der Waals surface area contributed by atoms with Gasteiger partial charge in [-0.2, -0.15) is 0 Å². The van der Waals surface area contributed by atoms with Gasteiger partial charge in [-0.15, -0.1) is 0 Å². The second kappa shape index (κ2) is 7.36. The molecule has 3 rings (SSSR count). The van der Waals surface area contributed by atoms with E-state index < -0.39 is 0 Å². The van der Waals surface area contributed by atoms with Gasteiger partial charge in [0, 0.05) is 5.92 Å². The highest BCUT2D eigenvalue weighted by atomic mass is 14.4. The second-order valence-corrected chi connectivity index (χ2v) is 8.85. The molecule has 0 radical (unpaired) electrons. The summed E-state index contributed by atoms with van der Waals surface area (Å²) in [5, 5.41) is 0. The molecule has 0 aromatic heterocycles. The van der Waals surface area contributed by atoms with Gasteiger partial charge in [0.15, 0.2) is 0 Å². The summed E-state index contributed by atoms with van der Waals surface area (Å²) >= 11 is 0. The standard InChI is InChI=1S/C25H34/c1-6-14-25(4,5)19(3)24(16-20-12-13-20)23-17-22(15-18(23)2)21-10-8-7-9-11-21/h7-11,15,17,20,23-24H,3,6,12-14,16H2,1-2,4-5H3. The molecule has 2 atom stereocenters. The third-order valence-corrected chi connectivity index (χ3v) is 6.28. The van der Waals surface area contributed by atoms with Gasteiger partial charge in [-0.1, -0.05) is 100 Å². The van der Waals surface area contributed by atoms with E-state index in [0.717, 1.165) is 5.92 Å². The number of hydrogen-bond donors (Lipinski definition) is 0. The average molecular weight is 335 g/mol. The summed E-state index contributed by atoms with van der Waals surface area (Å²) in [4.78, 5) is 0. The summed E-state index contributed by atoms with van der Waals surface area (Å²) in [5.41, 5.74) is 5.96. The maximum absolute atomic E-state index is 4.65. The molecule has 2 aliphatic carbocycles. The molecule has 0 heteroatoms. The van der Waals surface area contributed by atoms with Crippen LogP contribution in [0.2, 0.25) is 0 Å². The molecule has 1 aromatic carbocycles. The van der Waals surface area contributed by atoms with Crippen molar-refractivity contribution in [2.45, 2.75) is 59.8 Å². The lowest BCUT2D eigenvalue weighted by atomic mass is 9.68. The van der Waals surface area contributed by atoms with Gasteiger partial charge in [0.25, 0.3) is 0 Å². The molecule has 0 amide bonds. The number of allylic oxidation sites excluding steroid dienone is 5. The molecule has 0 heterocycles. The zero-order chi connectivity index (χ0) is 18.0. The van der Waals surface area contributed by atoms with Crippen molar-refractivity contribution < 1.29 is 0 Å². The Morgan fingerprint density at radius 2 is 1.88 bits per heavy atom. The van der Waals surface area contributed by atoms with Crippen molar-refractivity contribution in [3.8, 4) is 0 Å². The fourth-order valence-electron chi connectivity index (χ4n) is 4.46. The highest BCUT2D eigenvalue weighted by Crippen LogP contribution is 2.49. The Balaban J connectivity index is 1.87. The van der Waals surface area contributed by atoms with E-state index in [2.05, 4.69) is 76.8 Å². The number of hydrogen-bond acceptors (Lipinski definition) is 0. The molecule has 0 aliphatic heterocycles. The molecule has 1 fully saturated rings. The smallest absolute Gasteiger partial charge is 0.00522 e. The van der Waals surface area contributed by atoms with E-state index in [1.165, 1.54) is 54.4 Å². The van der Waals surface area contributed by atoms with Crippen LogP contribution >= 0.6 is 0 Å². The van der Waals surface area contributed by atoms with Gasteiger partial charge in [0.05, 0.1) is 0 Å². The van der Waals surface area contributed by atoms with Crippen LogP contribution in [0.25, 0.3) is 5.57 Å². The Hall–Kier alpha value is -1.56. The molecule has 0 N–H and O–H groups in total. The van der Waals surface area contributed by atoms with Gasteiger partial charge in [0.2, 0.25) is 0 Å². The van der Waals surface area contributed by atoms with E-state index in [0.29, 0.717) is 11.8 Å². The summed E-state index contributed by atoms with van der Waals surface area (Å²) < 4.78 is 0. The zero-order valence-corrected chi connectivity index (χ0v) is 16.5. The second-order valence-electron chi connectivity index (χ2n) is 8.85. The van der Waals surface area contributed by atoms with E-state index in [1.807, 2.05) is 0 Å². The Morgan fingerprint density at radius 3 is 2.48 bits per heavy atom. The topological polar surface area (TPSA) is 0 Å². The van der Waals surface area contributed by atoms with Crippen LogP contribution < -0.4 is 0 Å². The first-order chi connectivity index (χ1) is 11.9. The van der Waals surface area contributed by atoms with Crippen LogP contribution in [0.4, 0.5) is 0 Å². The van der Waals surface area contributed by atoms with Gasteiger partial charge in [-0.05, 0) is 48.2 Å². The van der Waals surface area contributed by atoms with Gasteiger partial charge in [0.1, 0.15) is 0 Å². The first-order valence-electron chi connectivity index (χ1n) is 10.1. The van der Waals surface area contributed by atoms with Crippen molar-refractivity contribution in [1.82, 2.24) is 0 Å². The minimum absolute atomic E-state index is 0.234. The van der Waals surface area contributed by atoms with Crippen molar-refractivity contribution >= 4 is 5.57 Å². The molecule has 1 saturated carbocycles. The maximum Gasteiger partial charge on any atom is 0.00522 e. The van der Waals surface area contributed by atoms with Crippen LogP contribution in [0.3, 0.4) is 0 Å². The van der Waals surface area contributed by atoms with E-state index in [-0.39, 0.29) is 5.41 Å². The molecule has 2 unspecified atom stereocenters. The number of benzene rings is 1. The van der Waals surface area contributed by atoms with E-state index in [1.54, 1.807) is 0 Å². The predicted molar refractivity (Wildman–Crippen MR) is 110 cm³/mol. The lowest BCUT2D eigenvalue weighted by Crippen LogP contribution is -2.26. The van der Waals surface area contributed by atoms with Gasteiger partial charge >= 0.3 is 0 Å². The molecule has 1 aromatic rings. The summed E-state index contributed by atoms with van der Waals surface area (Å²) in [6.45, 7) is 14.0. The van der Waals surface area contributed by atoms with Crippen molar-refractivity contribution in [2.75, 3.05) is 0 Å². The molecular weight excluding hydrogens is 300 g/mol. The zero-order valence-electron chi connectivity index (χ0n) is 16.5. The average Bonchev–Trinajstić information content (AvgIpc) is 3.33. The minimum Gasteiger partial charge on any atom is -0.0990 e. The van der Waals surface area contributed by atoms with Crippen LogP contribution in [-0.4, -0.2) is 0 Å². The third kappa shape index (κ3) is 4.17. The van der Waals surface area contributed by atoms with Crippen molar-refractivity contribution in [3.63, 3.8) is 0 Å². The summed E-state index contributed by atoms with van der Waals surface area (Å²) in [7, 11) is 0.